The van der Waals surface area contributed by atoms with E-state index in [0.29, 0.717) is 22.5 Å². The van der Waals surface area contributed by atoms with Gasteiger partial charge >= 0.3 is 0 Å². The summed E-state index contributed by atoms with van der Waals surface area (Å²) in [7, 11) is 0. The van der Waals surface area contributed by atoms with Gasteiger partial charge in [-0.05, 0) is 53.4 Å². The first-order chi connectivity index (χ1) is 9.65. The maximum absolute atomic E-state index is 12.7. The van der Waals surface area contributed by atoms with Crippen molar-refractivity contribution >= 4 is 33.4 Å². The third-order valence-corrected chi connectivity index (χ3v) is 5.11. The highest BCUT2D eigenvalue weighted by atomic mass is 79.9. The van der Waals surface area contributed by atoms with Gasteiger partial charge in [0.05, 0.1) is 11.6 Å². The van der Waals surface area contributed by atoms with Crippen molar-refractivity contribution in [3.05, 3.63) is 33.3 Å². The van der Waals surface area contributed by atoms with Crippen LogP contribution in [0.15, 0.2) is 22.7 Å². The van der Waals surface area contributed by atoms with Crippen LogP contribution in [0.3, 0.4) is 0 Å². The molecule has 1 atom stereocenters. The Bertz CT molecular complexity index is 513. The summed E-state index contributed by atoms with van der Waals surface area (Å²) in [4.78, 5) is 14.7. The summed E-state index contributed by atoms with van der Waals surface area (Å²) in [6.07, 6.45) is 3.29. The van der Waals surface area contributed by atoms with Crippen molar-refractivity contribution in [3.63, 3.8) is 0 Å². The van der Waals surface area contributed by atoms with Crippen LogP contribution in [0.1, 0.15) is 29.6 Å². The molecule has 20 heavy (non-hydrogen) atoms. The molecule has 108 valence electrons. The number of carbonyl (C=O) groups excluding carboxylic acids is 1. The molecule has 1 aromatic rings. The van der Waals surface area contributed by atoms with Crippen molar-refractivity contribution < 1.29 is 9.53 Å². The molecular formula is C15H17BrClNO2. The third kappa shape index (κ3) is 3.18. The molecule has 0 radical (unpaired) electrons. The van der Waals surface area contributed by atoms with Crippen LogP contribution in [0, 0.1) is 5.92 Å². The van der Waals surface area contributed by atoms with E-state index in [-0.39, 0.29) is 5.91 Å². The molecule has 1 saturated carbocycles. The van der Waals surface area contributed by atoms with Gasteiger partial charge in [-0.1, -0.05) is 11.6 Å². The third-order valence-electron chi connectivity index (χ3n) is 3.89. The lowest BCUT2D eigenvalue weighted by Gasteiger charge is -2.25. The lowest BCUT2D eigenvalue weighted by atomic mass is 10.1. The maximum atomic E-state index is 12.7. The summed E-state index contributed by atoms with van der Waals surface area (Å²) in [5.41, 5.74) is 0.701. The van der Waals surface area contributed by atoms with E-state index in [1.807, 2.05) is 11.0 Å². The van der Waals surface area contributed by atoms with Crippen LogP contribution >= 0.6 is 27.5 Å². The van der Waals surface area contributed by atoms with Crippen LogP contribution in [-0.2, 0) is 4.74 Å². The summed E-state index contributed by atoms with van der Waals surface area (Å²) in [5.74, 6) is 0.590. The molecule has 3 rings (SSSR count). The van der Waals surface area contributed by atoms with Crippen molar-refractivity contribution in [3.8, 4) is 0 Å². The topological polar surface area (TPSA) is 29.5 Å². The Balaban J connectivity index is 1.75. The number of hydrogen-bond donors (Lipinski definition) is 0. The molecule has 2 aliphatic rings. The highest BCUT2D eigenvalue weighted by molar-refractivity contribution is 9.10. The van der Waals surface area contributed by atoms with Crippen LogP contribution in [0.4, 0.5) is 0 Å². The number of rotatable bonds is 4. The van der Waals surface area contributed by atoms with Gasteiger partial charge in [-0.15, -0.1) is 0 Å². The highest BCUT2D eigenvalue weighted by Crippen LogP contribution is 2.31. The molecule has 0 spiro atoms. The Kier molecular flexibility index (Phi) is 4.34. The number of halogens is 2. The van der Waals surface area contributed by atoms with E-state index < -0.39 is 0 Å². The van der Waals surface area contributed by atoms with Gasteiger partial charge in [0.1, 0.15) is 0 Å². The zero-order valence-corrected chi connectivity index (χ0v) is 13.5. The Morgan fingerprint density at radius 2 is 2.20 bits per heavy atom. The number of nitrogens with zero attached hydrogens (tertiary/aromatic N) is 1. The standard InChI is InChI=1S/C15H17BrClNO2/c16-13-7-11(1-4-14(13)17)15(19)18(12-2-3-12)8-10-5-6-20-9-10/h1,4,7,10,12H,2-3,5-6,8-9H2. The van der Waals surface area contributed by atoms with Crippen molar-refractivity contribution in [2.75, 3.05) is 19.8 Å². The van der Waals surface area contributed by atoms with Gasteiger partial charge in [0.25, 0.3) is 5.91 Å². The van der Waals surface area contributed by atoms with Gasteiger partial charge in [-0.3, -0.25) is 4.79 Å². The average molecular weight is 359 g/mol. The predicted octanol–water partition coefficient (Wildman–Crippen LogP) is 3.74. The summed E-state index contributed by atoms with van der Waals surface area (Å²) < 4.78 is 6.18. The largest absolute Gasteiger partial charge is 0.381 e. The van der Waals surface area contributed by atoms with E-state index >= 15 is 0 Å². The van der Waals surface area contributed by atoms with E-state index in [2.05, 4.69) is 15.9 Å². The Hall–Kier alpha value is -0.580. The predicted molar refractivity (Wildman–Crippen MR) is 82.1 cm³/mol. The molecule has 1 saturated heterocycles. The molecule has 0 bridgehead atoms. The molecular weight excluding hydrogens is 342 g/mol. The number of ether oxygens (including phenoxy) is 1. The lowest BCUT2D eigenvalue weighted by Crippen LogP contribution is -2.37. The SMILES string of the molecule is O=C(c1ccc(Cl)c(Br)c1)N(CC1CCOC1)C1CC1. The van der Waals surface area contributed by atoms with Gasteiger partial charge in [-0.2, -0.15) is 0 Å². The normalized spacial score (nSPS) is 22.0. The zero-order chi connectivity index (χ0) is 14.1. The van der Waals surface area contributed by atoms with E-state index in [1.54, 1.807) is 12.1 Å². The zero-order valence-electron chi connectivity index (χ0n) is 11.1. The molecule has 0 aromatic heterocycles. The highest BCUT2D eigenvalue weighted by Gasteiger charge is 2.35. The fraction of sp³-hybridized carbons (Fsp3) is 0.533. The molecule has 3 nitrogen and oxygen atoms in total. The van der Waals surface area contributed by atoms with E-state index in [0.717, 1.165) is 43.5 Å². The Morgan fingerprint density at radius 1 is 1.40 bits per heavy atom. The molecule has 1 amide bonds. The van der Waals surface area contributed by atoms with Gasteiger partial charge in [0.2, 0.25) is 0 Å². The maximum Gasteiger partial charge on any atom is 0.254 e. The molecule has 1 aliphatic carbocycles. The van der Waals surface area contributed by atoms with Crippen molar-refractivity contribution in [2.24, 2.45) is 5.92 Å². The first-order valence-corrected chi connectivity index (χ1v) is 8.16. The van der Waals surface area contributed by atoms with E-state index in [1.165, 1.54) is 0 Å². The summed E-state index contributed by atoms with van der Waals surface area (Å²) in [6.45, 7) is 2.41. The summed E-state index contributed by atoms with van der Waals surface area (Å²) >= 11 is 9.37. The fourth-order valence-corrected chi connectivity index (χ4v) is 3.08. The number of hydrogen-bond acceptors (Lipinski definition) is 2. The summed E-state index contributed by atoms with van der Waals surface area (Å²) in [5, 5.41) is 0.628. The minimum atomic E-state index is 0.108. The Morgan fingerprint density at radius 3 is 2.80 bits per heavy atom. The fourth-order valence-electron chi connectivity index (χ4n) is 2.58. The molecule has 1 aliphatic heterocycles. The minimum absolute atomic E-state index is 0.108. The number of amides is 1. The number of carbonyl (C=O) groups is 1. The average Bonchev–Trinajstić information content (AvgIpc) is 3.15. The number of benzene rings is 1. The van der Waals surface area contributed by atoms with Crippen molar-refractivity contribution in [1.82, 2.24) is 4.90 Å². The van der Waals surface area contributed by atoms with Crippen LogP contribution in [0.5, 0.6) is 0 Å². The molecule has 5 heteroatoms. The van der Waals surface area contributed by atoms with Crippen LogP contribution in [0.2, 0.25) is 5.02 Å². The molecule has 2 fully saturated rings. The van der Waals surface area contributed by atoms with Crippen LogP contribution in [-0.4, -0.2) is 36.6 Å². The first-order valence-electron chi connectivity index (χ1n) is 6.99. The van der Waals surface area contributed by atoms with Gasteiger partial charge in [0, 0.05) is 35.1 Å². The van der Waals surface area contributed by atoms with Crippen LogP contribution < -0.4 is 0 Å². The smallest absolute Gasteiger partial charge is 0.254 e. The van der Waals surface area contributed by atoms with E-state index in [4.69, 9.17) is 16.3 Å². The second-order valence-electron chi connectivity index (χ2n) is 5.55. The van der Waals surface area contributed by atoms with Crippen LogP contribution in [0.25, 0.3) is 0 Å². The monoisotopic (exact) mass is 357 g/mol. The first kappa shape index (κ1) is 14.4. The second-order valence-corrected chi connectivity index (χ2v) is 6.81. The second kappa shape index (κ2) is 6.04. The van der Waals surface area contributed by atoms with E-state index in [9.17, 15) is 4.79 Å². The van der Waals surface area contributed by atoms with Gasteiger partial charge in [-0.25, -0.2) is 0 Å². The van der Waals surface area contributed by atoms with Crippen molar-refractivity contribution in [2.45, 2.75) is 25.3 Å². The van der Waals surface area contributed by atoms with Crippen molar-refractivity contribution in [1.29, 1.82) is 0 Å². The van der Waals surface area contributed by atoms with Gasteiger partial charge < -0.3 is 9.64 Å². The van der Waals surface area contributed by atoms with Gasteiger partial charge in [0.15, 0.2) is 0 Å². The Labute approximate surface area is 132 Å². The molecule has 1 heterocycles. The quantitative estimate of drug-likeness (QED) is 0.820. The lowest BCUT2D eigenvalue weighted by molar-refractivity contribution is 0.0706. The molecule has 1 unspecified atom stereocenters. The molecule has 0 N–H and O–H groups in total. The minimum Gasteiger partial charge on any atom is -0.381 e. The molecule has 1 aromatic carbocycles. The summed E-state index contributed by atoms with van der Waals surface area (Å²) in [6, 6.07) is 5.79.